The fourth-order valence-electron chi connectivity index (χ4n) is 7.64. The summed E-state index contributed by atoms with van der Waals surface area (Å²) in [5.74, 6) is -5.45. The molecule has 0 bridgehead atoms. The van der Waals surface area contributed by atoms with Crippen LogP contribution in [0.3, 0.4) is 0 Å². The zero-order valence-electron chi connectivity index (χ0n) is 31.9. The number of carboxylic acids is 2. The maximum Gasteiger partial charge on any atom is 0.490 e. The summed E-state index contributed by atoms with van der Waals surface area (Å²) in [7, 11) is 0. The first-order valence-electron chi connectivity index (χ1n) is 19.1. The topological polar surface area (TPSA) is 177 Å². The number of carbonyl (C=O) groups is 6. The Kier molecular flexibility index (Phi) is 16.7. The summed E-state index contributed by atoms with van der Waals surface area (Å²) in [5, 5.41) is 21.4. The monoisotopic (exact) mass is 861 g/mol. The number of alkyl halides is 6. The van der Waals surface area contributed by atoms with Gasteiger partial charge in [-0.1, -0.05) is 67.3 Å². The summed E-state index contributed by atoms with van der Waals surface area (Å²) in [4.78, 5) is 76.0. The van der Waals surface area contributed by atoms with E-state index in [0.717, 1.165) is 30.5 Å². The minimum Gasteiger partial charge on any atom is -0.475 e. The van der Waals surface area contributed by atoms with Crippen LogP contribution >= 0.6 is 11.6 Å². The molecule has 0 radical (unpaired) electrons. The molecule has 0 spiro atoms. The highest BCUT2D eigenvalue weighted by Gasteiger charge is 2.40. The highest BCUT2D eigenvalue weighted by atomic mass is 35.5. The van der Waals surface area contributed by atoms with E-state index in [1.807, 2.05) is 29.2 Å². The van der Waals surface area contributed by atoms with Crippen molar-refractivity contribution in [1.29, 1.82) is 0 Å². The zero-order valence-corrected chi connectivity index (χ0v) is 32.6. The Morgan fingerprint density at radius 1 is 0.814 bits per heavy atom. The smallest absolute Gasteiger partial charge is 0.475 e. The SMILES string of the molecule is O=C(CC1NCc2ccccc21)NC(Cc1ccc(Cl)cc1)C(=O)N1CCN(C(CN2C(=O)CCC2=O)C2CCCCC2)CC1.O=C(O)C(F)(F)F.O=C(O)C(F)(F)F. The second kappa shape index (κ2) is 21.0. The van der Waals surface area contributed by atoms with Crippen molar-refractivity contribution in [2.45, 2.75) is 94.8 Å². The molecule has 2 aromatic carbocycles. The van der Waals surface area contributed by atoms with Crippen molar-refractivity contribution in [2.24, 2.45) is 5.92 Å². The number of imide groups is 1. The third-order valence-electron chi connectivity index (χ3n) is 10.6. The number of likely N-dealkylation sites (tertiary alicyclic amines) is 1. The number of aliphatic carboxylic acids is 2. The number of nitrogens with one attached hydrogen (secondary N) is 2. The van der Waals surface area contributed by atoms with Crippen molar-refractivity contribution in [3.05, 3.63) is 70.2 Å². The van der Waals surface area contributed by atoms with Crippen LogP contribution in [0.4, 0.5) is 26.3 Å². The molecule has 0 aromatic heterocycles. The van der Waals surface area contributed by atoms with Crippen LogP contribution < -0.4 is 10.6 Å². The summed E-state index contributed by atoms with van der Waals surface area (Å²) in [5.41, 5.74) is 3.26. The van der Waals surface area contributed by atoms with Crippen molar-refractivity contribution in [3.8, 4) is 0 Å². The van der Waals surface area contributed by atoms with E-state index in [-0.39, 0.29) is 42.1 Å². The van der Waals surface area contributed by atoms with Crippen molar-refractivity contribution < 1.29 is 65.3 Å². The first-order valence-corrected chi connectivity index (χ1v) is 19.4. The molecule has 2 saturated heterocycles. The predicted molar refractivity (Wildman–Crippen MR) is 200 cm³/mol. The van der Waals surface area contributed by atoms with Gasteiger partial charge in [0.1, 0.15) is 6.04 Å². The first-order chi connectivity index (χ1) is 27.7. The number of rotatable bonds is 10. The van der Waals surface area contributed by atoms with E-state index in [1.54, 1.807) is 12.1 Å². The molecule has 3 unspecified atom stereocenters. The van der Waals surface area contributed by atoms with E-state index < -0.39 is 30.3 Å². The number of benzene rings is 2. The molecule has 6 rings (SSSR count). The van der Waals surface area contributed by atoms with E-state index in [4.69, 9.17) is 31.4 Å². The van der Waals surface area contributed by atoms with Gasteiger partial charge < -0.3 is 25.7 Å². The fraction of sp³-hybridized carbons (Fsp3) is 0.538. The molecule has 324 valence electrons. The van der Waals surface area contributed by atoms with Crippen molar-refractivity contribution in [1.82, 2.24) is 25.3 Å². The van der Waals surface area contributed by atoms with Crippen LogP contribution in [0, 0.1) is 5.92 Å². The number of hydrogen-bond donors (Lipinski definition) is 4. The maximum absolute atomic E-state index is 14.0. The van der Waals surface area contributed by atoms with Crippen molar-refractivity contribution in [3.63, 3.8) is 0 Å². The molecule has 4 N–H and O–H groups in total. The average Bonchev–Trinajstić information content (AvgIpc) is 3.74. The highest BCUT2D eigenvalue weighted by molar-refractivity contribution is 6.30. The third-order valence-corrected chi connectivity index (χ3v) is 10.9. The van der Waals surface area contributed by atoms with E-state index >= 15 is 0 Å². The molecule has 59 heavy (non-hydrogen) atoms. The molecule has 1 aliphatic carbocycles. The summed E-state index contributed by atoms with van der Waals surface area (Å²) in [6, 6.07) is 14.9. The molecule has 1 saturated carbocycles. The largest absolute Gasteiger partial charge is 0.490 e. The molecule has 20 heteroatoms. The van der Waals surface area contributed by atoms with Gasteiger partial charge in [0.25, 0.3) is 0 Å². The van der Waals surface area contributed by atoms with Gasteiger partial charge in [0, 0.05) is 82.1 Å². The predicted octanol–water partition coefficient (Wildman–Crippen LogP) is 5.11. The lowest BCUT2D eigenvalue weighted by molar-refractivity contribution is -0.193. The van der Waals surface area contributed by atoms with Gasteiger partial charge in [0.05, 0.1) is 0 Å². The van der Waals surface area contributed by atoms with Crippen LogP contribution in [0.5, 0.6) is 0 Å². The normalized spacial score (nSPS) is 19.7. The Hall–Kier alpha value is -4.75. The van der Waals surface area contributed by atoms with Gasteiger partial charge in [0.15, 0.2) is 0 Å². The van der Waals surface area contributed by atoms with Gasteiger partial charge in [-0.15, -0.1) is 0 Å². The van der Waals surface area contributed by atoms with Crippen LogP contribution in [-0.4, -0.2) is 118 Å². The Balaban J connectivity index is 0.000000471. The lowest BCUT2D eigenvalue weighted by Gasteiger charge is -2.44. The summed E-state index contributed by atoms with van der Waals surface area (Å²) in [6.45, 7) is 3.60. The van der Waals surface area contributed by atoms with E-state index in [2.05, 4.69) is 27.7 Å². The lowest BCUT2D eigenvalue weighted by Crippen LogP contribution is -2.59. The number of carbonyl (C=O) groups excluding carboxylic acids is 4. The number of amides is 4. The summed E-state index contributed by atoms with van der Waals surface area (Å²) < 4.78 is 63.5. The number of halogens is 7. The van der Waals surface area contributed by atoms with Crippen LogP contribution in [0.15, 0.2) is 48.5 Å². The van der Waals surface area contributed by atoms with E-state index in [0.29, 0.717) is 62.9 Å². The fourth-order valence-corrected chi connectivity index (χ4v) is 7.77. The van der Waals surface area contributed by atoms with Crippen molar-refractivity contribution >= 4 is 47.2 Å². The second-order valence-electron chi connectivity index (χ2n) is 14.6. The zero-order chi connectivity index (χ0) is 43.5. The molecule has 3 fully saturated rings. The van der Waals surface area contributed by atoms with Gasteiger partial charge in [-0.05, 0) is 47.6 Å². The molecular formula is C39H46ClF6N5O8. The second-order valence-corrected chi connectivity index (χ2v) is 15.1. The number of hydrogen-bond acceptors (Lipinski definition) is 8. The molecule has 4 amide bonds. The maximum atomic E-state index is 14.0. The molecule has 3 atom stereocenters. The van der Waals surface area contributed by atoms with Crippen LogP contribution in [0.2, 0.25) is 5.02 Å². The molecule has 3 aliphatic heterocycles. The number of nitrogens with zero attached hydrogens (tertiary/aromatic N) is 3. The average molecular weight is 862 g/mol. The Morgan fingerprint density at radius 3 is 1.90 bits per heavy atom. The van der Waals surface area contributed by atoms with Crippen molar-refractivity contribution in [2.75, 3.05) is 32.7 Å². The quantitative estimate of drug-likeness (QED) is 0.186. The standard InChI is InChI=1S/C35H44ClN5O4.2C2HF3O2/c36-27-12-10-24(11-13-27)20-30(38-32(42)21-29-28-9-5-4-8-26(28)22-37-29)35(45)40-18-16-39(17-19-40)31(25-6-2-1-3-7-25)23-41-33(43)14-15-34(41)44;2*3-2(4,5)1(6)7/h4-5,8-13,25,29-31,37H,1-3,6-7,14-23H2,(H,38,42);2*(H,6,7). The summed E-state index contributed by atoms with van der Waals surface area (Å²) >= 11 is 6.12. The molecule has 3 heterocycles. The first kappa shape index (κ1) is 46.9. The van der Waals surface area contributed by atoms with Gasteiger partial charge in [0.2, 0.25) is 23.6 Å². The molecular weight excluding hydrogens is 816 g/mol. The van der Waals surface area contributed by atoms with Crippen LogP contribution in [-0.2, 0) is 41.7 Å². The Labute approximate surface area is 341 Å². The summed E-state index contributed by atoms with van der Waals surface area (Å²) in [6.07, 6.45) is -3.12. The van der Waals surface area contributed by atoms with Crippen LogP contribution in [0.25, 0.3) is 0 Å². The number of fused-ring (bicyclic) bond motifs is 1. The van der Waals surface area contributed by atoms with E-state index in [1.165, 1.54) is 29.7 Å². The third kappa shape index (κ3) is 13.9. The highest BCUT2D eigenvalue weighted by Crippen LogP contribution is 2.32. The molecule has 13 nitrogen and oxygen atoms in total. The van der Waals surface area contributed by atoms with Gasteiger partial charge in [-0.2, -0.15) is 26.3 Å². The lowest BCUT2D eigenvalue weighted by atomic mass is 9.82. The Bertz CT molecular complexity index is 1760. The number of piperazine rings is 1. The van der Waals surface area contributed by atoms with Gasteiger partial charge in [-0.3, -0.25) is 29.0 Å². The molecule has 2 aromatic rings. The van der Waals surface area contributed by atoms with Gasteiger partial charge >= 0.3 is 24.3 Å². The van der Waals surface area contributed by atoms with E-state index in [9.17, 15) is 45.5 Å². The Morgan fingerprint density at radius 2 is 1.36 bits per heavy atom. The minimum absolute atomic E-state index is 0.0632. The minimum atomic E-state index is -5.08. The molecule has 4 aliphatic rings. The number of carboxylic acid groups (broad SMARTS) is 2. The van der Waals surface area contributed by atoms with Gasteiger partial charge in [-0.25, -0.2) is 9.59 Å². The van der Waals surface area contributed by atoms with Crippen LogP contribution in [0.1, 0.15) is 74.1 Å².